The van der Waals surface area contributed by atoms with Crippen molar-refractivity contribution in [3.8, 4) is 10.6 Å². The van der Waals surface area contributed by atoms with Gasteiger partial charge in [0.2, 0.25) is 0 Å². The summed E-state index contributed by atoms with van der Waals surface area (Å²) in [7, 11) is 0. The predicted octanol–water partition coefficient (Wildman–Crippen LogP) is 3.10. The van der Waals surface area contributed by atoms with Crippen LogP contribution >= 0.6 is 11.3 Å². The number of non-ortho nitro benzene ring substituents is 1. The smallest absolute Gasteiger partial charge is 0.271 e. The van der Waals surface area contributed by atoms with Crippen molar-refractivity contribution in [3.05, 3.63) is 45.8 Å². The van der Waals surface area contributed by atoms with E-state index in [0.29, 0.717) is 24.2 Å². The highest BCUT2D eigenvalue weighted by Crippen LogP contribution is 2.33. The van der Waals surface area contributed by atoms with E-state index in [-0.39, 0.29) is 5.69 Å². The molecule has 1 aliphatic rings. The number of rotatable bonds is 3. The van der Waals surface area contributed by atoms with Gasteiger partial charge in [-0.3, -0.25) is 10.1 Å². The highest BCUT2D eigenvalue weighted by molar-refractivity contribution is 7.13. The average Bonchev–Trinajstić information content (AvgIpc) is 3.15. The molecule has 1 aromatic carbocycles. The molecule has 0 saturated carbocycles. The average molecular weight is 342 g/mol. The number of anilines is 1. The van der Waals surface area contributed by atoms with Gasteiger partial charge in [-0.2, -0.15) is 0 Å². The molecule has 1 saturated heterocycles. The zero-order chi connectivity index (χ0) is 16.5. The van der Waals surface area contributed by atoms with Gasteiger partial charge >= 0.3 is 0 Å². The number of nitro benzene ring substituents is 1. The summed E-state index contributed by atoms with van der Waals surface area (Å²) in [6, 6.07) is 8.54. The first-order chi connectivity index (χ1) is 11.7. The minimum atomic E-state index is -0.415. The van der Waals surface area contributed by atoms with E-state index in [1.807, 2.05) is 17.5 Å². The lowest BCUT2D eigenvalue weighted by atomic mass is 10.2. The number of thiophene rings is 1. The van der Waals surface area contributed by atoms with E-state index < -0.39 is 4.92 Å². The third kappa shape index (κ3) is 2.70. The summed E-state index contributed by atoms with van der Waals surface area (Å²) in [5, 5.41) is 13.0. The Morgan fingerprint density at radius 3 is 2.71 bits per heavy atom. The molecule has 122 valence electrons. The molecule has 0 bridgehead atoms. The maximum absolute atomic E-state index is 11.0. The standard InChI is InChI=1S/C16H14N4O3S/c21-20(22)11-3-4-12-13(10-11)17-15(14-2-1-9-24-14)16(18-12)19-5-7-23-8-6-19/h1-4,9-10H,5-8H2. The molecule has 1 fully saturated rings. The molecule has 0 atom stereocenters. The Kier molecular flexibility index (Phi) is 3.83. The van der Waals surface area contributed by atoms with Crippen LogP contribution in [-0.4, -0.2) is 41.2 Å². The van der Waals surface area contributed by atoms with Gasteiger partial charge in [0.05, 0.1) is 34.0 Å². The molecule has 0 amide bonds. The summed E-state index contributed by atoms with van der Waals surface area (Å²) < 4.78 is 5.42. The minimum absolute atomic E-state index is 0.0213. The van der Waals surface area contributed by atoms with Crippen LogP contribution in [0.2, 0.25) is 0 Å². The topological polar surface area (TPSA) is 81.4 Å². The third-order valence-electron chi connectivity index (χ3n) is 3.91. The normalized spacial score (nSPS) is 14.9. The van der Waals surface area contributed by atoms with Crippen molar-refractivity contribution in [2.45, 2.75) is 0 Å². The Hall–Kier alpha value is -2.58. The molecular weight excluding hydrogens is 328 g/mol. The fourth-order valence-electron chi connectivity index (χ4n) is 2.72. The lowest BCUT2D eigenvalue weighted by Gasteiger charge is -2.29. The minimum Gasteiger partial charge on any atom is -0.378 e. The van der Waals surface area contributed by atoms with Gasteiger partial charge in [-0.05, 0) is 17.5 Å². The number of hydrogen-bond acceptors (Lipinski definition) is 7. The molecule has 0 unspecified atom stereocenters. The van der Waals surface area contributed by atoms with E-state index in [2.05, 4.69) is 4.90 Å². The second-order valence-corrected chi connectivity index (χ2v) is 6.35. The molecular formula is C16H14N4O3S. The summed E-state index contributed by atoms with van der Waals surface area (Å²) in [6.07, 6.45) is 0. The van der Waals surface area contributed by atoms with Crippen LogP contribution in [0.1, 0.15) is 0 Å². The van der Waals surface area contributed by atoms with E-state index in [1.54, 1.807) is 17.4 Å². The molecule has 7 nitrogen and oxygen atoms in total. The lowest BCUT2D eigenvalue weighted by molar-refractivity contribution is -0.384. The number of morpholine rings is 1. The van der Waals surface area contributed by atoms with Gasteiger partial charge in [-0.15, -0.1) is 11.3 Å². The van der Waals surface area contributed by atoms with Crippen LogP contribution in [0.15, 0.2) is 35.7 Å². The van der Waals surface area contributed by atoms with Crippen molar-refractivity contribution in [1.82, 2.24) is 9.97 Å². The van der Waals surface area contributed by atoms with Crippen molar-refractivity contribution in [3.63, 3.8) is 0 Å². The molecule has 3 heterocycles. The van der Waals surface area contributed by atoms with Crippen LogP contribution in [0.4, 0.5) is 11.5 Å². The van der Waals surface area contributed by atoms with Gasteiger partial charge in [0, 0.05) is 25.2 Å². The molecule has 0 aliphatic carbocycles. The number of aromatic nitrogens is 2. The fourth-order valence-corrected chi connectivity index (χ4v) is 3.43. The summed E-state index contributed by atoms with van der Waals surface area (Å²) >= 11 is 1.58. The number of nitrogens with zero attached hydrogens (tertiary/aromatic N) is 4. The van der Waals surface area contributed by atoms with E-state index >= 15 is 0 Å². The zero-order valence-electron chi connectivity index (χ0n) is 12.7. The van der Waals surface area contributed by atoms with Crippen LogP contribution in [0.5, 0.6) is 0 Å². The quantitative estimate of drug-likeness (QED) is 0.537. The van der Waals surface area contributed by atoms with Gasteiger partial charge in [-0.25, -0.2) is 9.97 Å². The summed E-state index contributed by atoms with van der Waals surface area (Å²) in [5.41, 5.74) is 1.97. The van der Waals surface area contributed by atoms with Crippen LogP contribution in [0.25, 0.3) is 21.6 Å². The Morgan fingerprint density at radius 1 is 1.17 bits per heavy atom. The lowest BCUT2D eigenvalue weighted by Crippen LogP contribution is -2.37. The first kappa shape index (κ1) is 15.0. The maximum Gasteiger partial charge on any atom is 0.271 e. The van der Waals surface area contributed by atoms with Gasteiger partial charge in [0.15, 0.2) is 5.82 Å². The molecule has 24 heavy (non-hydrogen) atoms. The molecule has 8 heteroatoms. The number of ether oxygens (including phenoxy) is 1. The SMILES string of the molecule is O=[N+]([O-])c1ccc2nc(N3CCOCC3)c(-c3cccs3)nc2c1. The van der Waals surface area contributed by atoms with Gasteiger partial charge in [0.25, 0.3) is 5.69 Å². The number of nitro groups is 1. The predicted molar refractivity (Wildman–Crippen MR) is 92.5 cm³/mol. The monoisotopic (exact) mass is 342 g/mol. The zero-order valence-corrected chi connectivity index (χ0v) is 13.5. The summed E-state index contributed by atoms with van der Waals surface area (Å²) in [5.74, 6) is 0.808. The molecule has 3 aromatic rings. The summed E-state index contributed by atoms with van der Waals surface area (Å²) in [6.45, 7) is 2.82. The summed E-state index contributed by atoms with van der Waals surface area (Å²) in [4.78, 5) is 23.2. The van der Waals surface area contributed by atoms with Crippen LogP contribution in [-0.2, 0) is 4.74 Å². The van der Waals surface area contributed by atoms with Crippen molar-refractivity contribution in [2.24, 2.45) is 0 Å². The van der Waals surface area contributed by atoms with Crippen molar-refractivity contribution in [1.29, 1.82) is 0 Å². The Morgan fingerprint density at radius 2 is 2.00 bits per heavy atom. The maximum atomic E-state index is 11.0. The number of benzene rings is 1. The number of fused-ring (bicyclic) bond motifs is 1. The molecule has 0 spiro atoms. The molecule has 0 radical (unpaired) electrons. The molecule has 4 rings (SSSR count). The van der Waals surface area contributed by atoms with E-state index in [0.717, 1.165) is 29.5 Å². The Balaban J connectivity index is 1.90. The highest BCUT2D eigenvalue weighted by atomic mass is 32.1. The number of hydrogen-bond donors (Lipinski definition) is 0. The van der Waals surface area contributed by atoms with Crippen molar-refractivity contribution < 1.29 is 9.66 Å². The largest absolute Gasteiger partial charge is 0.378 e. The van der Waals surface area contributed by atoms with E-state index in [1.165, 1.54) is 12.1 Å². The molecule has 2 aromatic heterocycles. The second-order valence-electron chi connectivity index (χ2n) is 5.40. The van der Waals surface area contributed by atoms with Crippen LogP contribution < -0.4 is 4.90 Å². The molecule has 0 N–H and O–H groups in total. The first-order valence-electron chi connectivity index (χ1n) is 7.55. The fraction of sp³-hybridized carbons (Fsp3) is 0.250. The first-order valence-corrected chi connectivity index (χ1v) is 8.43. The molecule has 1 aliphatic heterocycles. The van der Waals surface area contributed by atoms with E-state index in [4.69, 9.17) is 14.7 Å². The van der Waals surface area contributed by atoms with Gasteiger partial charge in [0.1, 0.15) is 5.69 Å². The van der Waals surface area contributed by atoms with Crippen molar-refractivity contribution >= 4 is 33.9 Å². The van der Waals surface area contributed by atoms with Crippen molar-refractivity contribution in [2.75, 3.05) is 31.2 Å². The Labute approximate surface area is 141 Å². The van der Waals surface area contributed by atoms with E-state index in [9.17, 15) is 10.1 Å². The van der Waals surface area contributed by atoms with Gasteiger partial charge < -0.3 is 9.64 Å². The van der Waals surface area contributed by atoms with Crippen LogP contribution in [0.3, 0.4) is 0 Å². The third-order valence-corrected chi connectivity index (χ3v) is 4.78. The van der Waals surface area contributed by atoms with Gasteiger partial charge in [-0.1, -0.05) is 6.07 Å². The second kappa shape index (κ2) is 6.14. The highest BCUT2D eigenvalue weighted by Gasteiger charge is 2.21. The Bertz CT molecular complexity index is 892. The van der Waals surface area contributed by atoms with Crippen LogP contribution in [0, 0.1) is 10.1 Å².